The molecule has 0 spiro atoms. The summed E-state index contributed by atoms with van der Waals surface area (Å²) < 4.78 is 4.86. The van der Waals surface area contributed by atoms with E-state index in [1.165, 1.54) is 0 Å². The molecule has 0 aromatic heterocycles. The highest BCUT2D eigenvalue weighted by atomic mass is 79.9. The summed E-state index contributed by atoms with van der Waals surface area (Å²) in [6.07, 6.45) is 0. The Hall–Kier alpha value is 0.657. The Morgan fingerprint density at radius 1 is 1.27 bits per heavy atom. The number of rotatable bonds is 2. The van der Waals surface area contributed by atoms with Crippen LogP contribution in [-0.2, 0) is 4.43 Å². The van der Waals surface area contributed by atoms with Crippen LogP contribution in [0.15, 0.2) is 0 Å². The molecule has 3 radical (unpaired) electrons. The fourth-order valence-electron chi connectivity index (χ4n) is 0.862. The summed E-state index contributed by atoms with van der Waals surface area (Å²) in [6.45, 7) is 10.8. The minimum absolute atomic E-state index is 0.241. The third-order valence-corrected chi connectivity index (χ3v) is 3.84. The highest BCUT2D eigenvalue weighted by Gasteiger charge is 2.35. The summed E-state index contributed by atoms with van der Waals surface area (Å²) in [4.78, 5) is 0. The van der Waals surface area contributed by atoms with Gasteiger partial charge in [-0.3, -0.25) is 0 Å². The average molecular weight is 236 g/mol. The van der Waals surface area contributed by atoms with Crippen molar-refractivity contribution in [2.45, 2.75) is 39.1 Å². The monoisotopic (exact) mass is 235 g/mol. The zero-order chi connectivity index (χ0) is 9.28. The molecule has 0 aliphatic heterocycles. The van der Waals surface area contributed by atoms with Crippen molar-refractivity contribution in [2.75, 3.05) is 0 Å². The first-order valence-electron chi connectivity index (χ1n) is 3.75. The second kappa shape index (κ2) is 3.58. The van der Waals surface area contributed by atoms with Gasteiger partial charge >= 0.3 is 0 Å². The van der Waals surface area contributed by atoms with E-state index in [2.05, 4.69) is 54.1 Å². The van der Waals surface area contributed by atoms with Gasteiger partial charge in [0.25, 0.3) is 0 Å². The molecule has 0 aromatic rings. The quantitative estimate of drug-likeness (QED) is 0.529. The van der Waals surface area contributed by atoms with Gasteiger partial charge in [-0.15, -0.1) is 0 Å². The third-order valence-electron chi connectivity index (χ3n) is 2.27. The van der Waals surface area contributed by atoms with E-state index in [9.17, 15) is 0 Å². The van der Waals surface area contributed by atoms with Crippen LogP contribution in [0.2, 0.25) is 0 Å². The van der Waals surface area contributed by atoms with Gasteiger partial charge in [-0.2, -0.15) is 0 Å². The van der Waals surface area contributed by atoms with Crippen LogP contribution in [0.4, 0.5) is 0 Å². The first kappa shape index (κ1) is 11.7. The van der Waals surface area contributed by atoms with E-state index >= 15 is 0 Å². The molecule has 0 aromatic carbocycles. The highest BCUT2D eigenvalue weighted by Crippen LogP contribution is 2.39. The molecule has 0 amide bonds. The van der Waals surface area contributed by atoms with Gasteiger partial charge in [0.05, 0.1) is 0 Å². The Balaban J connectivity index is 4.35. The summed E-state index contributed by atoms with van der Waals surface area (Å²) in [7, 11) is 3.06. The first-order chi connectivity index (χ1) is 4.72. The van der Waals surface area contributed by atoms with E-state index in [1.807, 2.05) is 6.92 Å². The fourth-order valence-corrected chi connectivity index (χ4v) is 1.73. The predicted molar refractivity (Wildman–Crippen MR) is 52.8 cm³/mol. The number of hydrogen-bond donors (Lipinski definition) is 0. The molecule has 0 heterocycles. The molecule has 11 heavy (non-hydrogen) atoms. The van der Waals surface area contributed by atoms with Crippen molar-refractivity contribution in [3.8, 4) is 0 Å². The maximum absolute atomic E-state index is 5.15. The molecule has 0 bridgehead atoms. The summed E-state index contributed by atoms with van der Waals surface area (Å²) >= 11 is 3.51. The molecule has 2 atom stereocenters. The van der Waals surface area contributed by atoms with E-state index in [4.69, 9.17) is 4.43 Å². The largest absolute Gasteiger partial charge is 0.404 e. The van der Waals surface area contributed by atoms with Crippen molar-refractivity contribution in [3.63, 3.8) is 0 Å². The van der Waals surface area contributed by atoms with Gasteiger partial charge in [-0.1, -0.05) is 43.6 Å². The van der Waals surface area contributed by atoms with Crippen molar-refractivity contribution in [3.05, 3.63) is 0 Å². The van der Waals surface area contributed by atoms with E-state index < -0.39 is 0 Å². The topological polar surface area (TPSA) is 9.23 Å². The minimum atomic E-state index is -0.290. The van der Waals surface area contributed by atoms with Crippen LogP contribution >= 0.6 is 15.9 Å². The lowest BCUT2D eigenvalue weighted by molar-refractivity contribution is 0.0731. The van der Waals surface area contributed by atoms with Gasteiger partial charge in [-0.05, 0) is 18.3 Å². The summed E-state index contributed by atoms with van der Waals surface area (Å²) in [5, 5.41) is 0. The van der Waals surface area contributed by atoms with Gasteiger partial charge in [-0.25, -0.2) is 0 Å². The molecular formula is C8H16BrOSi. The van der Waals surface area contributed by atoms with E-state index in [0.29, 0.717) is 5.92 Å². The fraction of sp³-hybridized carbons (Fsp3) is 1.00. The van der Waals surface area contributed by atoms with Gasteiger partial charge in [0.1, 0.15) is 4.51 Å². The molecule has 0 saturated heterocycles. The molecule has 1 nitrogen and oxygen atoms in total. The van der Waals surface area contributed by atoms with Crippen LogP contribution in [0.1, 0.15) is 34.6 Å². The molecule has 2 unspecified atom stereocenters. The molecule has 0 aliphatic rings. The molecule has 0 fully saturated rings. The Morgan fingerprint density at radius 2 is 1.64 bits per heavy atom. The normalized spacial score (nSPS) is 21.0. The lowest BCUT2D eigenvalue weighted by atomic mass is 9.79. The van der Waals surface area contributed by atoms with Gasteiger partial charge < -0.3 is 4.43 Å². The Kier molecular flexibility index (Phi) is 3.80. The van der Waals surface area contributed by atoms with Gasteiger partial charge in [0.2, 0.25) is 10.5 Å². The van der Waals surface area contributed by atoms with Crippen LogP contribution in [0.5, 0.6) is 0 Å². The van der Waals surface area contributed by atoms with Crippen LogP contribution in [-0.4, -0.2) is 15.0 Å². The van der Waals surface area contributed by atoms with E-state index in [-0.39, 0.29) is 9.93 Å². The number of hydrogen-bond acceptors (Lipinski definition) is 1. The maximum atomic E-state index is 5.15. The molecule has 0 N–H and O–H groups in total. The summed E-state index contributed by atoms with van der Waals surface area (Å²) in [5.74, 6) is 0.424. The SMILES string of the molecule is CC(C(C)(C)C)C(C)(Br)O[Si]. The average Bonchev–Trinajstić information content (AvgIpc) is 1.84. The Bertz CT molecular complexity index is 129. The van der Waals surface area contributed by atoms with Crippen LogP contribution < -0.4 is 0 Å². The van der Waals surface area contributed by atoms with Crippen molar-refractivity contribution in [1.82, 2.24) is 0 Å². The smallest absolute Gasteiger partial charge is 0.248 e. The molecule has 0 saturated carbocycles. The minimum Gasteiger partial charge on any atom is -0.404 e. The molecule has 3 heteroatoms. The summed E-state index contributed by atoms with van der Waals surface area (Å²) in [5.41, 5.74) is 0.241. The van der Waals surface area contributed by atoms with E-state index in [1.54, 1.807) is 0 Å². The maximum Gasteiger partial charge on any atom is 0.248 e. The standard InChI is InChI=1S/C8H16BrOSi/c1-6(7(2,3)4)8(5,9)10-11/h6H,1-5H3. The molecule has 0 rings (SSSR count). The zero-order valence-corrected chi connectivity index (χ0v) is 10.4. The zero-order valence-electron chi connectivity index (χ0n) is 7.86. The lowest BCUT2D eigenvalue weighted by Gasteiger charge is -2.38. The van der Waals surface area contributed by atoms with Crippen molar-refractivity contribution in [2.24, 2.45) is 11.3 Å². The van der Waals surface area contributed by atoms with Gasteiger partial charge in [0, 0.05) is 0 Å². The summed E-state index contributed by atoms with van der Waals surface area (Å²) in [6, 6.07) is 0. The third kappa shape index (κ3) is 3.26. The first-order valence-corrected chi connectivity index (χ1v) is 4.95. The predicted octanol–water partition coefficient (Wildman–Crippen LogP) is 2.88. The molecular weight excluding hydrogens is 220 g/mol. The van der Waals surface area contributed by atoms with E-state index in [0.717, 1.165) is 0 Å². The van der Waals surface area contributed by atoms with Crippen LogP contribution in [0, 0.1) is 11.3 Å². The Labute approximate surface area is 81.6 Å². The van der Waals surface area contributed by atoms with Gasteiger partial charge in [0.15, 0.2) is 0 Å². The molecule has 0 aliphatic carbocycles. The van der Waals surface area contributed by atoms with Crippen molar-refractivity contribution >= 4 is 26.4 Å². The number of alkyl halides is 1. The molecule has 65 valence electrons. The van der Waals surface area contributed by atoms with Crippen molar-refractivity contribution in [1.29, 1.82) is 0 Å². The van der Waals surface area contributed by atoms with Crippen LogP contribution in [0.3, 0.4) is 0 Å². The number of halogens is 1. The van der Waals surface area contributed by atoms with Crippen molar-refractivity contribution < 1.29 is 4.43 Å². The second-order valence-electron chi connectivity index (χ2n) is 4.18. The van der Waals surface area contributed by atoms with Crippen LogP contribution in [0.25, 0.3) is 0 Å². The Morgan fingerprint density at radius 3 is 1.73 bits per heavy atom. The second-order valence-corrected chi connectivity index (χ2v) is 5.95. The lowest BCUT2D eigenvalue weighted by Crippen LogP contribution is -2.37. The highest BCUT2D eigenvalue weighted by molar-refractivity contribution is 9.10.